The third kappa shape index (κ3) is 3.47. The largest absolute Gasteiger partial charge is 0.452 e. The molecule has 6 nitrogen and oxygen atoms in total. The van der Waals surface area contributed by atoms with Crippen LogP contribution in [0.25, 0.3) is 6.08 Å². The van der Waals surface area contributed by atoms with Crippen molar-refractivity contribution in [1.29, 1.82) is 0 Å². The van der Waals surface area contributed by atoms with Crippen LogP contribution in [0.3, 0.4) is 0 Å². The van der Waals surface area contributed by atoms with E-state index in [9.17, 15) is 19.3 Å². The Labute approximate surface area is 161 Å². The highest BCUT2D eigenvalue weighted by molar-refractivity contribution is 5.90. The minimum Gasteiger partial charge on any atom is -0.452 e. The van der Waals surface area contributed by atoms with Crippen molar-refractivity contribution in [2.24, 2.45) is 5.92 Å². The summed E-state index contributed by atoms with van der Waals surface area (Å²) in [6.07, 6.45) is 3.12. The van der Waals surface area contributed by atoms with Crippen LogP contribution in [0.2, 0.25) is 0 Å². The van der Waals surface area contributed by atoms with E-state index in [1.807, 2.05) is 0 Å². The molecular weight excluding hydrogens is 363 g/mol. The number of benzene rings is 2. The molecule has 3 aliphatic heterocycles. The van der Waals surface area contributed by atoms with Gasteiger partial charge in [-0.15, -0.1) is 0 Å². The molecule has 0 amide bonds. The smallest absolute Gasteiger partial charge is 0.338 e. The van der Waals surface area contributed by atoms with Gasteiger partial charge in [0.1, 0.15) is 11.9 Å². The summed E-state index contributed by atoms with van der Waals surface area (Å²) in [6, 6.07) is 11.8. The number of esters is 1. The molecule has 2 bridgehead atoms. The predicted molar refractivity (Wildman–Crippen MR) is 101 cm³/mol. The normalized spacial score (nSPS) is 22.3. The summed E-state index contributed by atoms with van der Waals surface area (Å²) in [4.78, 5) is 25.0. The number of piperidine rings is 3. The van der Waals surface area contributed by atoms with Crippen molar-refractivity contribution in [2.75, 3.05) is 13.1 Å². The number of carbonyl (C=O) groups excluding carboxylic acids is 1. The van der Waals surface area contributed by atoms with Crippen LogP contribution in [0.5, 0.6) is 0 Å². The van der Waals surface area contributed by atoms with Gasteiger partial charge in [-0.2, -0.15) is 0 Å². The third-order valence-electron chi connectivity index (χ3n) is 5.38. The SMILES string of the molecule is O=C(O[C@@H]1/C(=C/c2ccccc2F)N2CCC1CC2)c1ccc([N+](=O)[O-])cc1. The topological polar surface area (TPSA) is 72.7 Å². The highest BCUT2D eigenvalue weighted by atomic mass is 19.1. The minimum absolute atomic E-state index is 0.0838. The number of halogens is 1. The van der Waals surface area contributed by atoms with Crippen molar-refractivity contribution >= 4 is 17.7 Å². The molecule has 3 fully saturated rings. The number of carbonyl (C=O) groups is 1. The molecule has 2 aromatic carbocycles. The molecule has 1 atom stereocenters. The van der Waals surface area contributed by atoms with Crippen LogP contribution >= 0.6 is 0 Å². The lowest BCUT2D eigenvalue weighted by atomic mass is 9.82. The standard InChI is InChI=1S/C21H19FN2O4/c22-18-4-2-1-3-16(18)13-19-20(14-9-11-23(19)12-10-14)28-21(25)15-5-7-17(8-6-15)24(26)27/h1-8,13-14,20H,9-12H2/b19-13-/t20-/m0/s1. The number of hydrogen-bond donors (Lipinski definition) is 0. The van der Waals surface area contributed by atoms with Gasteiger partial charge in [-0.25, -0.2) is 9.18 Å². The maximum absolute atomic E-state index is 14.1. The van der Waals surface area contributed by atoms with Gasteiger partial charge in [-0.05, 0) is 37.1 Å². The Morgan fingerprint density at radius 3 is 2.46 bits per heavy atom. The van der Waals surface area contributed by atoms with E-state index < -0.39 is 17.0 Å². The van der Waals surface area contributed by atoms with Crippen LogP contribution in [-0.2, 0) is 4.74 Å². The second-order valence-electron chi connectivity index (χ2n) is 7.05. The van der Waals surface area contributed by atoms with Gasteiger partial charge in [-0.1, -0.05) is 18.2 Å². The fourth-order valence-electron chi connectivity index (χ4n) is 3.87. The average molecular weight is 382 g/mol. The van der Waals surface area contributed by atoms with E-state index in [2.05, 4.69) is 4.90 Å². The molecule has 144 valence electrons. The Morgan fingerprint density at radius 1 is 1.14 bits per heavy atom. The van der Waals surface area contributed by atoms with Gasteiger partial charge >= 0.3 is 5.97 Å². The van der Waals surface area contributed by atoms with Gasteiger partial charge in [-0.3, -0.25) is 10.1 Å². The quantitative estimate of drug-likeness (QED) is 0.454. The molecule has 0 aromatic heterocycles. The van der Waals surface area contributed by atoms with E-state index in [0.29, 0.717) is 5.56 Å². The van der Waals surface area contributed by atoms with Crippen molar-refractivity contribution < 1.29 is 18.8 Å². The number of ether oxygens (including phenoxy) is 1. The van der Waals surface area contributed by atoms with Crippen LogP contribution in [0.4, 0.5) is 10.1 Å². The van der Waals surface area contributed by atoms with E-state index in [-0.39, 0.29) is 23.0 Å². The summed E-state index contributed by atoms with van der Waals surface area (Å²) in [5.74, 6) is -0.670. The average Bonchev–Trinajstić information content (AvgIpc) is 2.72. The van der Waals surface area contributed by atoms with Crippen LogP contribution in [0.15, 0.2) is 54.2 Å². The van der Waals surface area contributed by atoms with Crippen LogP contribution in [0.1, 0.15) is 28.8 Å². The zero-order valence-electron chi connectivity index (χ0n) is 15.1. The van der Waals surface area contributed by atoms with Crippen molar-refractivity contribution in [1.82, 2.24) is 4.90 Å². The summed E-state index contributed by atoms with van der Waals surface area (Å²) in [6.45, 7) is 1.72. The highest BCUT2D eigenvalue weighted by Gasteiger charge is 2.40. The van der Waals surface area contributed by atoms with Crippen molar-refractivity contribution in [3.05, 3.63) is 81.3 Å². The van der Waals surface area contributed by atoms with Gasteiger partial charge in [0.05, 0.1) is 16.2 Å². The third-order valence-corrected chi connectivity index (χ3v) is 5.38. The van der Waals surface area contributed by atoms with E-state index >= 15 is 0 Å². The van der Waals surface area contributed by atoms with Crippen molar-refractivity contribution in [3.63, 3.8) is 0 Å². The maximum atomic E-state index is 14.1. The monoisotopic (exact) mass is 382 g/mol. The number of non-ortho nitro benzene ring substituents is 1. The Bertz CT molecular complexity index is 934. The van der Waals surface area contributed by atoms with Gasteiger partial charge < -0.3 is 9.64 Å². The summed E-state index contributed by atoms with van der Waals surface area (Å²) < 4.78 is 19.9. The molecule has 0 spiro atoms. The second-order valence-corrected chi connectivity index (χ2v) is 7.05. The number of fused-ring (bicyclic) bond motifs is 3. The molecule has 0 saturated carbocycles. The zero-order valence-corrected chi connectivity index (χ0v) is 15.1. The van der Waals surface area contributed by atoms with Crippen molar-refractivity contribution in [3.8, 4) is 0 Å². The Morgan fingerprint density at radius 2 is 1.82 bits per heavy atom. The summed E-state index contributed by atoms with van der Waals surface area (Å²) in [5.41, 5.74) is 1.44. The molecular formula is C21H19FN2O4. The fraction of sp³-hybridized carbons (Fsp3) is 0.286. The molecule has 3 saturated heterocycles. The van der Waals surface area contributed by atoms with E-state index in [1.165, 1.54) is 30.3 Å². The molecule has 0 unspecified atom stereocenters. The van der Waals surface area contributed by atoms with Gasteiger partial charge in [0, 0.05) is 36.7 Å². The van der Waals surface area contributed by atoms with Crippen LogP contribution < -0.4 is 0 Å². The van der Waals surface area contributed by atoms with Gasteiger partial charge in [0.25, 0.3) is 5.69 Å². The first-order valence-corrected chi connectivity index (χ1v) is 9.19. The minimum atomic E-state index is -0.534. The molecule has 5 rings (SSSR count). The molecule has 7 heteroatoms. The number of nitro benzene ring substituents is 1. The predicted octanol–water partition coefficient (Wildman–Crippen LogP) is 4.03. The fourth-order valence-corrected chi connectivity index (χ4v) is 3.87. The lowest BCUT2D eigenvalue weighted by Crippen LogP contribution is -2.50. The number of nitro groups is 1. The molecule has 0 aliphatic carbocycles. The number of rotatable bonds is 4. The number of nitrogens with zero attached hydrogens (tertiary/aromatic N) is 2. The molecule has 3 heterocycles. The Kier molecular flexibility index (Phi) is 4.81. The molecule has 28 heavy (non-hydrogen) atoms. The molecule has 0 N–H and O–H groups in total. The summed E-state index contributed by atoms with van der Waals surface area (Å²) in [7, 11) is 0. The summed E-state index contributed by atoms with van der Waals surface area (Å²) >= 11 is 0. The van der Waals surface area contributed by atoms with E-state index in [4.69, 9.17) is 4.74 Å². The Hall–Kier alpha value is -3.22. The zero-order chi connectivity index (χ0) is 19.7. The van der Waals surface area contributed by atoms with Crippen molar-refractivity contribution in [2.45, 2.75) is 18.9 Å². The van der Waals surface area contributed by atoms with Gasteiger partial charge in [0.15, 0.2) is 0 Å². The van der Waals surface area contributed by atoms with E-state index in [1.54, 1.807) is 24.3 Å². The first kappa shape index (κ1) is 18.2. The van der Waals surface area contributed by atoms with Gasteiger partial charge in [0.2, 0.25) is 0 Å². The highest BCUT2D eigenvalue weighted by Crippen LogP contribution is 2.38. The first-order chi connectivity index (χ1) is 13.5. The van der Waals surface area contributed by atoms with E-state index in [0.717, 1.165) is 31.6 Å². The number of hydrogen-bond acceptors (Lipinski definition) is 5. The lowest BCUT2D eigenvalue weighted by molar-refractivity contribution is -0.384. The second kappa shape index (κ2) is 7.42. The van der Waals surface area contributed by atoms with Crippen LogP contribution in [0, 0.1) is 21.8 Å². The summed E-state index contributed by atoms with van der Waals surface area (Å²) in [5, 5.41) is 10.8. The van der Waals surface area contributed by atoms with Crippen LogP contribution in [-0.4, -0.2) is 35.0 Å². The molecule has 3 aliphatic rings. The molecule has 0 radical (unpaired) electrons. The lowest BCUT2D eigenvalue weighted by Gasteiger charge is -2.47. The Balaban J connectivity index is 1.60. The maximum Gasteiger partial charge on any atom is 0.338 e. The molecule has 2 aromatic rings. The first-order valence-electron chi connectivity index (χ1n) is 9.19.